The van der Waals surface area contributed by atoms with E-state index in [4.69, 9.17) is 32.3 Å². The molecule has 1 aliphatic carbocycles. The number of hydrogen-bond donors (Lipinski definition) is 3. The van der Waals surface area contributed by atoms with E-state index in [0.29, 0.717) is 4.86 Å². The third kappa shape index (κ3) is 5.57. The summed E-state index contributed by atoms with van der Waals surface area (Å²) in [6.45, 7) is 0. The quantitative estimate of drug-likeness (QED) is 0.495. The topological polar surface area (TPSA) is 77.8 Å². The lowest BCUT2D eigenvalue weighted by Gasteiger charge is -2.04. The molecule has 0 heterocycles. The second kappa shape index (κ2) is 5.45. The number of carboxylic acid groups (broad SMARTS) is 2. The number of allylic oxidation sites excluding steroid dienone is 2. The van der Waals surface area contributed by atoms with Gasteiger partial charge in [-0.3, -0.25) is 0 Å². The van der Waals surface area contributed by atoms with Gasteiger partial charge in [-0.05, 0) is 6.08 Å². The molecule has 4 nitrogen and oxygen atoms in total. The van der Waals surface area contributed by atoms with Crippen molar-refractivity contribution >= 4 is 23.2 Å². The smallest absolute Gasteiger partial charge is 0.450 e. The molecule has 12 heavy (non-hydrogen) atoms. The predicted octanol–water partition coefficient (Wildman–Crippen LogP) is 1.07. The standard InChI is InChI=1S/C6H6OS.CH2O3/c7-5-3-1-2-4-6(5)8;2-1(3)4/h1-5,7H;(H2,2,3,4). The summed E-state index contributed by atoms with van der Waals surface area (Å²) in [6, 6.07) is 0. The van der Waals surface area contributed by atoms with Gasteiger partial charge in [-0.1, -0.05) is 30.4 Å². The van der Waals surface area contributed by atoms with E-state index in [2.05, 4.69) is 0 Å². The Hall–Kier alpha value is -1.20. The van der Waals surface area contributed by atoms with Crippen LogP contribution in [-0.2, 0) is 0 Å². The molecule has 1 rings (SSSR count). The number of thiocarbonyl (C=S) groups is 1. The second-order valence-electron chi connectivity index (χ2n) is 1.87. The van der Waals surface area contributed by atoms with Gasteiger partial charge in [0.2, 0.25) is 0 Å². The van der Waals surface area contributed by atoms with Crippen molar-refractivity contribution in [1.82, 2.24) is 0 Å². The fourth-order valence-corrected chi connectivity index (χ4v) is 0.670. The van der Waals surface area contributed by atoms with E-state index >= 15 is 0 Å². The molecule has 1 aliphatic rings. The van der Waals surface area contributed by atoms with Crippen LogP contribution in [0.25, 0.3) is 0 Å². The molecule has 0 saturated carbocycles. The van der Waals surface area contributed by atoms with Crippen molar-refractivity contribution in [3.8, 4) is 0 Å². The van der Waals surface area contributed by atoms with E-state index in [1.807, 2.05) is 6.08 Å². The summed E-state index contributed by atoms with van der Waals surface area (Å²) in [5.41, 5.74) is 0. The largest absolute Gasteiger partial charge is 0.503 e. The Morgan fingerprint density at radius 2 is 1.92 bits per heavy atom. The first-order valence-electron chi connectivity index (χ1n) is 3.02. The Kier molecular flexibility index (Phi) is 4.91. The Bertz CT molecular complexity index is 228. The van der Waals surface area contributed by atoms with Gasteiger partial charge in [-0.25, -0.2) is 4.79 Å². The van der Waals surface area contributed by atoms with Crippen LogP contribution in [0, 0.1) is 0 Å². The Morgan fingerprint density at radius 3 is 2.17 bits per heavy atom. The normalized spacial score (nSPS) is 19.8. The number of hydrogen-bond acceptors (Lipinski definition) is 3. The third-order valence-corrected chi connectivity index (χ3v) is 1.33. The minimum atomic E-state index is -1.83. The molecule has 0 aliphatic heterocycles. The molecule has 0 spiro atoms. The first-order valence-corrected chi connectivity index (χ1v) is 3.43. The highest BCUT2D eigenvalue weighted by molar-refractivity contribution is 7.80. The Balaban J connectivity index is 0.000000261. The van der Waals surface area contributed by atoms with Crippen LogP contribution >= 0.6 is 12.2 Å². The van der Waals surface area contributed by atoms with Gasteiger partial charge in [0.25, 0.3) is 0 Å². The molecule has 5 heteroatoms. The summed E-state index contributed by atoms with van der Waals surface area (Å²) in [5, 5.41) is 22.8. The molecule has 0 saturated heterocycles. The maximum absolute atomic E-state index is 8.90. The average molecular weight is 188 g/mol. The maximum atomic E-state index is 8.90. The Morgan fingerprint density at radius 1 is 1.42 bits per heavy atom. The minimum absolute atomic E-state index is 0.532. The molecular formula is C7H8O4S. The number of aliphatic hydroxyl groups is 1. The summed E-state index contributed by atoms with van der Waals surface area (Å²) in [4.78, 5) is 9.15. The average Bonchev–Trinajstić information content (AvgIpc) is 1.94. The van der Waals surface area contributed by atoms with E-state index in [9.17, 15) is 0 Å². The highest BCUT2D eigenvalue weighted by Crippen LogP contribution is 1.99. The third-order valence-electron chi connectivity index (χ3n) is 0.957. The van der Waals surface area contributed by atoms with Crippen LogP contribution < -0.4 is 0 Å². The van der Waals surface area contributed by atoms with Gasteiger partial charge in [0.15, 0.2) is 0 Å². The van der Waals surface area contributed by atoms with Crippen LogP contribution in [-0.4, -0.2) is 32.4 Å². The molecular weight excluding hydrogens is 180 g/mol. The molecule has 0 aromatic heterocycles. The zero-order chi connectivity index (χ0) is 9.56. The number of carbonyl (C=O) groups is 1. The summed E-state index contributed by atoms with van der Waals surface area (Å²) in [7, 11) is 0. The summed E-state index contributed by atoms with van der Waals surface area (Å²) >= 11 is 4.74. The van der Waals surface area contributed by atoms with Gasteiger partial charge in [0.1, 0.15) is 6.10 Å². The first kappa shape index (κ1) is 10.8. The molecule has 0 bridgehead atoms. The van der Waals surface area contributed by atoms with Crippen LogP contribution in [0.5, 0.6) is 0 Å². The first-order chi connectivity index (χ1) is 5.54. The van der Waals surface area contributed by atoms with Gasteiger partial charge in [0, 0.05) is 4.86 Å². The van der Waals surface area contributed by atoms with Crippen LogP contribution in [0.4, 0.5) is 4.79 Å². The van der Waals surface area contributed by atoms with Crippen molar-refractivity contribution in [3.05, 3.63) is 24.3 Å². The van der Waals surface area contributed by atoms with Crippen molar-refractivity contribution < 1.29 is 20.1 Å². The lowest BCUT2D eigenvalue weighted by molar-refractivity contribution is 0.137. The second-order valence-corrected chi connectivity index (χ2v) is 2.35. The molecule has 0 amide bonds. The number of aliphatic hydroxyl groups excluding tert-OH is 1. The van der Waals surface area contributed by atoms with Crippen molar-refractivity contribution in [2.75, 3.05) is 0 Å². The van der Waals surface area contributed by atoms with Gasteiger partial charge < -0.3 is 15.3 Å². The zero-order valence-electron chi connectivity index (χ0n) is 6.04. The van der Waals surface area contributed by atoms with Crippen LogP contribution in [0.1, 0.15) is 0 Å². The molecule has 1 unspecified atom stereocenters. The molecule has 0 aromatic rings. The molecule has 3 N–H and O–H groups in total. The summed E-state index contributed by atoms with van der Waals surface area (Å²) < 4.78 is 0. The molecule has 0 radical (unpaired) electrons. The van der Waals surface area contributed by atoms with Gasteiger partial charge in [-0.2, -0.15) is 0 Å². The molecule has 0 fully saturated rings. The summed E-state index contributed by atoms with van der Waals surface area (Å²) in [5.74, 6) is 0. The zero-order valence-corrected chi connectivity index (χ0v) is 6.86. The van der Waals surface area contributed by atoms with Crippen molar-refractivity contribution in [1.29, 1.82) is 0 Å². The SMILES string of the molecule is O=C(O)O.OC1C=CC=CC1=S. The highest BCUT2D eigenvalue weighted by Gasteiger charge is 2.03. The van der Waals surface area contributed by atoms with Gasteiger partial charge in [0.05, 0.1) is 0 Å². The minimum Gasteiger partial charge on any atom is -0.450 e. The number of rotatable bonds is 0. The monoisotopic (exact) mass is 188 g/mol. The molecule has 0 aromatic carbocycles. The van der Waals surface area contributed by atoms with E-state index in [0.717, 1.165) is 0 Å². The molecule has 66 valence electrons. The predicted molar refractivity (Wildman–Crippen MR) is 47.5 cm³/mol. The lowest BCUT2D eigenvalue weighted by atomic mass is 10.1. The maximum Gasteiger partial charge on any atom is 0.503 e. The van der Waals surface area contributed by atoms with Crippen LogP contribution in [0.2, 0.25) is 0 Å². The van der Waals surface area contributed by atoms with E-state index in [-0.39, 0.29) is 0 Å². The van der Waals surface area contributed by atoms with E-state index in [1.165, 1.54) is 0 Å². The van der Waals surface area contributed by atoms with Gasteiger partial charge in [-0.15, -0.1) is 0 Å². The fourth-order valence-electron chi connectivity index (χ4n) is 0.513. The lowest BCUT2D eigenvalue weighted by Crippen LogP contribution is -2.14. The summed E-state index contributed by atoms with van der Waals surface area (Å²) in [6.07, 6.45) is 4.60. The Labute approximate surface area is 74.5 Å². The van der Waals surface area contributed by atoms with Crippen molar-refractivity contribution in [3.63, 3.8) is 0 Å². The fraction of sp³-hybridized carbons (Fsp3) is 0.143. The van der Waals surface area contributed by atoms with Crippen LogP contribution in [0.15, 0.2) is 24.3 Å². The van der Waals surface area contributed by atoms with Crippen molar-refractivity contribution in [2.24, 2.45) is 0 Å². The highest BCUT2D eigenvalue weighted by atomic mass is 32.1. The van der Waals surface area contributed by atoms with E-state index in [1.54, 1.807) is 18.2 Å². The van der Waals surface area contributed by atoms with Crippen LogP contribution in [0.3, 0.4) is 0 Å². The van der Waals surface area contributed by atoms with E-state index < -0.39 is 12.3 Å². The molecule has 1 atom stereocenters. The van der Waals surface area contributed by atoms with Gasteiger partial charge >= 0.3 is 6.16 Å². The van der Waals surface area contributed by atoms with Crippen molar-refractivity contribution in [2.45, 2.75) is 6.10 Å².